The van der Waals surface area contributed by atoms with Gasteiger partial charge in [-0.15, -0.1) is 0 Å². The van der Waals surface area contributed by atoms with Gasteiger partial charge in [-0.25, -0.2) is 27.8 Å². The van der Waals surface area contributed by atoms with Crippen LogP contribution in [0.25, 0.3) is 11.4 Å². The minimum absolute atomic E-state index is 0.164. The van der Waals surface area contributed by atoms with Crippen molar-refractivity contribution in [1.82, 2.24) is 29.8 Å². The first-order chi connectivity index (χ1) is 22.6. The first kappa shape index (κ1) is 32.7. The summed E-state index contributed by atoms with van der Waals surface area (Å²) in [5.74, 6) is -0.223. The Morgan fingerprint density at radius 1 is 1.13 bits per heavy atom. The molecule has 6 rings (SSSR count). The number of carbonyl (C=O) groups excluding carboxylic acids is 1. The molecule has 13 nitrogen and oxygen atoms in total. The van der Waals surface area contributed by atoms with Crippen molar-refractivity contribution in [3.05, 3.63) is 59.9 Å². The summed E-state index contributed by atoms with van der Waals surface area (Å²) in [5.41, 5.74) is 2.29. The van der Waals surface area contributed by atoms with E-state index in [1.807, 2.05) is 35.3 Å². The number of amides is 1. The van der Waals surface area contributed by atoms with Crippen molar-refractivity contribution in [2.45, 2.75) is 31.7 Å². The van der Waals surface area contributed by atoms with Gasteiger partial charge in [0.05, 0.1) is 37.1 Å². The summed E-state index contributed by atoms with van der Waals surface area (Å²) in [6, 6.07) is 15.8. The smallest absolute Gasteiger partial charge is 0.248 e. The Balaban J connectivity index is 1.21. The van der Waals surface area contributed by atoms with Crippen molar-refractivity contribution in [3.8, 4) is 23.2 Å². The van der Waals surface area contributed by atoms with Gasteiger partial charge in [0.25, 0.3) is 0 Å². The van der Waals surface area contributed by atoms with E-state index in [0.717, 1.165) is 51.3 Å². The van der Waals surface area contributed by atoms with Crippen LogP contribution in [0.4, 0.5) is 16.0 Å². The lowest BCUT2D eigenvalue weighted by atomic mass is 10.0. The number of carbonyl (C=O) groups is 1. The lowest BCUT2D eigenvalue weighted by molar-refractivity contribution is -0.132. The number of piperazine rings is 1. The molecule has 15 heteroatoms. The van der Waals surface area contributed by atoms with Crippen LogP contribution in [-0.4, -0.2) is 127 Å². The summed E-state index contributed by atoms with van der Waals surface area (Å²) < 4.78 is 49.6. The van der Waals surface area contributed by atoms with Gasteiger partial charge in [-0.2, -0.15) is 15.2 Å². The van der Waals surface area contributed by atoms with E-state index < -0.39 is 33.8 Å². The van der Waals surface area contributed by atoms with Crippen LogP contribution in [0, 0.1) is 18.3 Å². The molecule has 0 spiro atoms. The van der Waals surface area contributed by atoms with E-state index in [2.05, 4.69) is 25.9 Å². The van der Waals surface area contributed by atoms with Crippen molar-refractivity contribution in [1.29, 1.82) is 5.26 Å². The monoisotopic (exact) mass is 664 g/mol. The number of hydrogen-bond acceptors (Lipinski definition) is 12. The summed E-state index contributed by atoms with van der Waals surface area (Å²) in [6.07, 6.45) is 0.181. The van der Waals surface area contributed by atoms with Crippen LogP contribution in [0.5, 0.6) is 5.75 Å². The largest absolute Gasteiger partial charge is 0.487 e. The molecule has 248 valence electrons. The van der Waals surface area contributed by atoms with Gasteiger partial charge in [0, 0.05) is 51.0 Å². The van der Waals surface area contributed by atoms with Crippen LogP contribution < -0.4 is 9.75 Å². The molecular weight excluding hydrogens is 627 g/mol. The number of ether oxygens (including phenoxy) is 2. The Morgan fingerprint density at radius 2 is 1.87 bits per heavy atom. The third-order valence-corrected chi connectivity index (χ3v) is 9.41. The number of likely N-dealkylation sites (tertiary alicyclic amines) is 1. The number of piperidine rings is 1. The fourth-order valence-electron chi connectivity index (χ4n) is 6.02. The predicted octanol–water partition coefficient (Wildman–Crippen LogP) is 2.15. The molecule has 0 aliphatic carbocycles. The Kier molecular flexibility index (Phi) is 9.65. The lowest BCUT2D eigenvalue weighted by Crippen LogP contribution is -2.59. The Bertz CT molecular complexity index is 1750. The van der Waals surface area contributed by atoms with Crippen molar-refractivity contribution in [3.63, 3.8) is 0 Å². The van der Waals surface area contributed by atoms with Crippen LogP contribution in [-0.2, 0) is 19.4 Å². The highest BCUT2D eigenvalue weighted by Gasteiger charge is 2.35. The standard InChI is InChI=1S/C32H37FN8O5S/c1-22-14-26(23(16-34)15-29(22)46-28-8-9-39(17-27(28)33)30(42)20-47(2,43)44)31-35-21-36-32(37-31)41(24-6-4-3-5-7-24)40-12-10-38(11-13-40)25-18-45-19-25/h3-7,14-15,21,25,27-28H,8-13,17-20H2,1-2H3/t27-,28-/m0/s1. The molecule has 47 heavy (non-hydrogen) atoms. The molecule has 1 amide bonds. The van der Waals surface area contributed by atoms with E-state index in [1.165, 1.54) is 11.2 Å². The van der Waals surface area contributed by atoms with Crippen LogP contribution in [0.15, 0.2) is 48.8 Å². The van der Waals surface area contributed by atoms with Gasteiger partial charge < -0.3 is 14.4 Å². The van der Waals surface area contributed by atoms with Crippen molar-refractivity contribution in [2.75, 3.05) is 69.5 Å². The molecule has 0 saturated carbocycles. The maximum absolute atomic E-state index is 15.2. The highest BCUT2D eigenvalue weighted by Crippen LogP contribution is 2.33. The molecule has 3 fully saturated rings. The number of para-hydroxylation sites is 1. The summed E-state index contributed by atoms with van der Waals surface area (Å²) >= 11 is 0. The van der Waals surface area contributed by atoms with Crippen molar-refractivity contribution >= 4 is 27.4 Å². The molecule has 3 saturated heterocycles. The second kappa shape index (κ2) is 13.9. The van der Waals surface area contributed by atoms with Gasteiger partial charge in [0.2, 0.25) is 11.9 Å². The van der Waals surface area contributed by atoms with Gasteiger partial charge in [0.1, 0.15) is 30.0 Å². The van der Waals surface area contributed by atoms with Gasteiger partial charge in [0.15, 0.2) is 21.8 Å². The first-order valence-electron chi connectivity index (χ1n) is 15.5. The molecule has 1 aromatic heterocycles. The highest BCUT2D eigenvalue weighted by molar-refractivity contribution is 7.91. The quantitative estimate of drug-likeness (QED) is 0.331. The second-order valence-corrected chi connectivity index (χ2v) is 14.2. The van der Waals surface area contributed by atoms with E-state index >= 15 is 4.39 Å². The summed E-state index contributed by atoms with van der Waals surface area (Å²) in [6.45, 7) is 6.52. The molecule has 0 radical (unpaired) electrons. The molecular formula is C32H37FN8O5S. The zero-order valence-corrected chi connectivity index (χ0v) is 27.1. The normalized spacial score (nSPS) is 21.1. The number of aromatic nitrogens is 3. The number of halogens is 1. The number of anilines is 2. The van der Waals surface area contributed by atoms with E-state index in [-0.39, 0.29) is 25.1 Å². The number of alkyl halides is 1. The molecule has 0 bridgehead atoms. The molecule has 3 aliphatic heterocycles. The first-order valence-corrected chi connectivity index (χ1v) is 17.6. The topological polar surface area (TPSA) is 145 Å². The highest BCUT2D eigenvalue weighted by atomic mass is 32.2. The molecule has 2 aromatic carbocycles. The summed E-state index contributed by atoms with van der Waals surface area (Å²) in [4.78, 5) is 29.7. The number of aryl methyl sites for hydroxylation is 1. The molecule has 3 aliphatic rings. The molecule has 0 N–H and O–H groups in total. The molecule has 3 aromatic rings. The van der Waals surface area contributed by atoms with Crippen molar-refractivity contribution in [2.24, 2.45) is 0 Å². The van der Waals surface area contributed by atoms with E-state index in [0.29, 0.717) is 34.7 Å². The zero-order chi connectivity index (χ0) is 33.1. The van der Waals surface area contributed by atoms with Crippen molar-refractivity contribution < 1.29 is 27.1 Å². The third-order valence-electron chi connectivity index (χ3n) is 8.63. The number of sulfone groups is 1. The molecule has 2 atom stereocenters. The second-order valence-electron chi connectivity index (χ2n) is 12.1. The number of hydrogen-bond donors (Lipinski definition) is 0. The number of benzene rings is 2. The van der Waals surface area contributed by atoms with Crippen LogP contribution >= 0.6 is 0 Å². The zero-order valence-electron chi connectivity index (χ0n) is 26.3. The number of nitrogens with zero attached hydrogens (tertiary/aromatic N) is 8. The van der Waals surface area contributed by atoms with Gasteiger partial charge in [-0.05, 0) is 36.8 Å². The summed E-state index contributed by atoms with van der Waals surface area (Å²) in [5, 5.41) is 14.3. The maximum atomic E-state index is 15.2. The average Bonchev–Trinajstić information content (AvgIpc) is 3.02. The maximum Gasteiger partial charge on any atom is 0.248 e. The molecule has 0 unspecified atom stereocenters. The van der Waals surface area contributed by atoms with E-state index in [1.54, 1.807) is 19.1 Å². The Hall–Kier alpha value is -4.23. The van der Waals surface area contributed by atoms with Gasteiger partial charge in [-0.1, -0.05) is 18.2 Å². The van der Waals surface area contributed by atoms with E-state index in [9.17, 15) is 18.5 Å². The number of nitriles is 1. The Morgan fingerprint density at radius 3 is 2.51 bits per heavy atom. The van der Waals surface area contributed by atoms with Crippen LogP contribution in [0.1, 0.15) is 17.5 Å². The fourth-order valence-corrected chi connectivity index (χ4v) is 6.65. The van der Waals surface area contributed by atoms with Crippen LogP contribution in [0.3, 0.4) is 0 Å². The Labute approximate surface area is 273 Å². The predicted molar refractivity (Wildman–Crippen MR) is 171 cm³/mol. The molecule has 4 heterocycles. The number of hydrazine groups is 1. The van der Waals surface area contributed by atoms with Crippen LogP contribution in [0.2, 0.25) is 0 Å². The van der Waals surface area contributed by atoms with Gasteiger partial charge in [-0.3, -0.25) is 9.69 Å². The number of rotatable bonds is 9. The minimum atomic E-state index is -3.52. The summed E-state index contributed by atoms with van der Waals surface area (Å²) in [7, 11) is -3.52. The SMILES string of the molecule is Cc1cc(-c2ncnc(N(c3ccccc3)N3CCN(C4COC4)CC3)n2)c(C#N)cc1O[C@H]1CCN(C(=O)CS(C)(=O)=O)C[C@@H]1F. The average molecular weight is 665 g/mol. The fraction of sp³-hybridized carbons (Fsp3) is 0.469. The van der Waals surface area contributed by atoms with E-state index in [4.69, 9.17) is 14.5 Å². The van der Waals surface area contributed by atoms with Gasteiger partial charge >= 0.3 is 0 Å². The lowest BCUT2D eigenvalue weighted by Gasteiger charge is -2.45. The third kappa shape index (κ3) is 7.51. The minimum Gasteiger partial charge on any atom is -0.487 e.